The second-order valence-electron chi connectivity index (χ2n) is 7.02. The van der Waals surface area contributed by atoms with Gasteiger partial charge in [0.25, 0.3) is 5.91 Å². The highest BCUT2D eigenvalue weighted by atomic mass is 35.5. The van der Waals surface area contributed by atoms with E-state index in [0.717, 1.165) is 16.2 Å². The zero-order valence-electron chi connectivity index (χ0n) is 15.5. The third-order valence-corrected chi connectivity index (χ3v) is 5.94. The zero-order valence-corrected chi connectivity index (χ0v) is 17.0. The number of imide groups is 1. The number of carbonyl (C=O) groups is 2. The number of rotatable bonds is 3. The highest BCUT2D eigenvalue weighted by Crippen LogP contribution is 2.49. The molecule has 6 nitrogen and oxygen atoms in total. The summed E-state index contributed by atoms with van der Waals surface area (Å²) in [5.41, 5.74) is 1.75. The number of aromatic nitrogens is 1. The summed E-state index contributed by atoms with van der Waals surface area (Å²) in [6.45, 7) is 0. The van der Waals surface area contributed by atoms with Gasteiger partial charge in [-0.1, -0.05) is 47.5 Å². The third-order valence-electron chi connectivity index (χ3n) is 5.33. The van der Waals surface area contributed by atoms with Gasteiger partial charge in [-0.3, -0.25) is 19.4 Å². The van der Waals surface area contributed by atoms with Crippen LogP contribution in [0, 0.1) is 5.92 Å². The summed E-state index contributed by atoms with van der Waals surface area (Å²) in [6.07, 6.45) is 2.31. The summed E-state index contributed by atoms with van der Waals surface area (Å²) in [7, 11) is 0. The van der Waals surface area contributed by atoms with Gasteiger partial charge < -0.3 is 0 Å². The number of para-hydroxylation sites is 2. The number of fused-ring (bicyclic) bond motifs is 1. The molecule has 3 aromatic rings. The molecule has 0 radical (unpaired) electrons. The fourth-order valence-electron chi connectivity index (χ4n) is 4.04. The summed E-state index contributed by atoms with van der Waals surface area (Å²) in [5, 5.41) is 2.08. The van der Waals surface area contributed by atoms with Crippen molar-refractivity contribution < 1.29 is 14.4 Å². The van der Waals surface area contributed by atoms with E-state index in [2.05, 4.69) is 4.98 Å². The molecule has 3 heterocycles. The van der Waals surface area contributed by atoms with Crippen molar-refractivity contribution in [2.75, 3.05) is 9.96 Å². The van der Waals surface area contributed by atoms with Crippen molar-refractivity contribution in [3.8, 4) is 0 Å². The minimum Gasteiger partial charge on any atom is -0.273 e. The van der Waals surface area contributed by atoms with Gasteiger partial charge >= 0.3 is 0 Å². The number of anilines is 2. The lowest BCUT2D eigenvalue weighted by atomic mass is 9.91. The van der Waals surface area contributed by atoms with Gasteiger partial charge in [-0.25, -0.2) is 9.96 Å². The van der Waals surface area contributed by atoms with Gasteiger partial charge in [-0.05, 0) is 42.0 Å². The number of pyridine rings is 1. The predicted octanol–water partition coefficient (Wildman–Crippen LogP) is 4.44. The Morgan fingerprint density at radius 1 is 0.833 bits per heavy atom. The molecule has 0 bridgehead atoms. The van der Waals surface area contributed by atoms with E-state index in [-0.39, 0.29) is 15.7 Å². The van der Waals surface area contributed by atoms with Crippen LogP contribution in [-0.2, 0) is 14.4 Å². The minimum atomic E-state index is -0.983. The first kappa shape index (κ1) is 19.1. The molecule has 5 rings (SSSR count). The number of amides is 2. The van der Waals surface area contributed by atoms with Gasteiger partial charge in [0, 0.05) is 12.4 Å². The summed E-state index contributed by atoms with van der Waals surface area (Å²) in [4.78, 5) is 38.0. The highest BCUT2D eigenvalue weighted by Gasteiger charge is 2.60. The quantitative estimate of drug-likeness (QED) is 0.564. The molecule has 150 valence electrons. The topological polar surface area (TPSA) is 62.7 Å². The minimum absolute atomic E-state index is 0.188. The van der Waals surface area contributed by atoms with Crippen LogP contribution in [0.3, 0.4) is 0 Å². The molecule has 0 saturated carbocycles. The number of hydrogen-bond donors (Lipinski definition) is 0. The first-order valence-corrected chi connectivity index (χ1v) is 10.1. The SMILES string of the molecule is O=C1[C@@H]2[C@@H](ON(c3ccccc3)[C@H]2c2ccncc2)C(=O)N1c1c(Cl)cccc1Cl. The maximum Gasteiger partial charge on any atom is 0.266 e. The molecular weight excluding hydrogens is 425 g/mol. The Balaban J connectivity index is 1.61. The fourth-order valence-corrected chi connectivity index (χ4v) is 4.60. The van der Waals surface area contributed by atoms with E-state index in [4.69, 9.17) is 28.0 Å². The predicted molar refractivity (Wildman–Crippen MR) is 113 cm³/mol. The number of halogens is 2. The fraction of sp³-hybridized carbons (Fsp3) is 0.136. The summed E-state index contributed by atoms with van der Waals surface area (Å²) >= 11 is 12.6. The second kappa shape index (κ2) is 7.40. The van der Waals surface area contributed by atoms with Crippen molar-refractivity contribution in [2.24, 2.45) is 5.92 Å². The van der Waals surface area contributed by atoms with Crippen LogP contribution in [0.1, 0.15) is 11.6 Å². The van der Waals surface area contributed by atoms with E-state index in [1.165, 1.54) is 0 Å². The highest BCUT2D eigenvalue weighted by molar-refractivity contribution is 6.42. The average molecular weight is 440 g/mol. The lowest BCUT2D eigenvalue weighted by Crippen LogP contribution is -2.37. The van der Waals surface area contributed by atoms with Crippen molar-refractivity contribution in [1.82, 2.24) is 4.98 Å². The molecule has 0 aliphatic carbocycles. The summed E-state index contributed by atoms with van der Waals surface area (Å²) in [6, 6.07) is 17.3. The Labute approximate surface area is 182 Å². The molecule has 2 aromatic carbocycles. The average Bonchev–Trinajstić information content (AvgIpc) is 3.27. The van der Waals surface area contributed by atoms with Crippen molar-refractivity contribution in [3.05, 3.63) is 88.7 Å². The molecule has 0 N–H and O–H groups in total. The number of benzene rings is 2. The van der Waals surface area contributed by atoms with Crippen molar-refractivity contribution in [1.29, 1.82) is 0 Å². The van der Waals surface area contributed by atoms with Gasteiger partial charge in [0.1, 0.15) is 5.92 Å². The van der Waals surface area contributed by atoms with Crippen molar-refractivity contribution >= 4 is 46.4 Å². The molecule has 2 amide bonds. The standard InChI is InChI=1S/C22H15Cl2N3O3/c23-15-7-4-8-16(24)19(15)26-21(28)17-18(13-9-11-25-12-10-13)27(30-20(17)22(26)29)14-5-2-1-3-6-14/h1-12,17-18,20H/t17-,18-,20+/m0/s1. The van der Waals surface area contributed by atoms with Crippen LogP contribution in [0.4, 0.5) is 11.4 Å². The van der Waals surface area contributed by atoms with Crippen LogP contribution in [0.15, 0.2) is 73.1 Å². The van der Waals surface area contributed by atoms with Crippen molar-refractivity contribution in [3.63, 3.8) is 0 Å². The van der Waals surface area contributed by atoms with E-state index < -0.39 is 29.9 Å². The Morgan fingerprint density at radius 2 is 1.50 bits per heavy atom. The van der Waals surface area contributed by atoms with Gasteiger partial charge in [-0.15, -0.1) is 0 Å². The lowest BCUT2D eigenvalue weighted by Gasteiger charge is -2.29. The summed E-state index contributed by atoms with van der Waals surface area (Å²) < 4.78 is 0. The molecule has 2 fully saturated rings. The van der Waals surface area contributed by atoms with Crippen molar-refractivity contribution in [2.45, 2.75) is 12.1 Å². The number of hydrogen-bond acceptors (Lipinski definition) is 5. The molecular formula is C22H15Cl2N3O3. The number of carbonyl (C=O) groups excluding carboxylic acids is 2. The molecule has 2 saturated heterocycles. The van der Waals surface area contributed by atoms with E-state index in [0.29, 0.717) is 0 Å². The van der Waals surface area contributed by atoms with E-state index in [9.17, 15) is 9.59 Å². The largest absolute Gasteiger partial charge is 0.273 e. The molecule has 2 aliphatic rings. The molecule has 30 heavy (non-hydrogen) atoms. The molecule has 3 atom stereocenters. The first-order valence-electron chi connectivity index (χ1n) is 9.30. The zero-order chi connectivity index (χ0) is 20.8. The first-order chi connectivity index (χ1) is 14.6. The van der Waals surface area contributed by atoms with Crippen LogP contribution >= 0.6 is 23.2 Å². The summed E-state index contributed by atoms with van der Waals surface area (Å²) in [5.74, 6) is -1.65. The van der Waals surface area contributed by atoms with Crippen LogP contribution in [-0.4, -0.2) is 22.9 Å². The van der Waals surface area contributed by atoms with Gasteiger partial charge in [0.15, 0.2) is 6.10 Å². The number of nitrogens with zero attached hydrogens (tertiary/aromatic N) is 3. The monoisotopic (exact) mass is 439 g/mol. The Bertz CT molecular complexity index is 1110. The van der Waals surface area contributed by atoms with Crippen LogP contribution in [0.2, 0.25) is 10.0 Å². The molecule has 0 unspecified atom stereocenters. The number of hydroxylamine groups is 1. The van der Waals surface area contributed by atoms with Gasteiger partial charge in [0.2, 0.25) is 5.91 Å². The van der Waals surface area contributed by atoms with Crippen LogP contribution < -0.4 is 9.96 Å². The lowest BCUT2D eigenvalue weighted by molar-refractivity contribution is -0.126. The second-order valence-corrected chi connectivity index (χ2v) is 7.84. The third kappa shape index (κ3) is 2.88. The molecule has 1 aromatic heterocycles. The van der Waals surface area contributed by atoms with Gasteiger partial charge in [0.05, 0.1) is 27.5 Å². The maximum atomic E-state index is 13.5. The smallest absolute Gasteiger partial charge is 0.266 e. The van der Waals surface area contributed by atoms with Crippen LogP contribution in [0.25, 0.3) is 0 Å². The normalized spacial score (nSPS) is 23.2. The van der Waals surface area contributed by atoms with Crippen LogP contribution in [0.5, 0.6) is 0 Å². The van der Waals surface area contributed by atoms with E-state index in [1.807, 2.05) is 42.5 Å². The Kier molecular flexibility index (Phi) is 4.70. The maximum absolute atomic E-state index is 13.5. The van der Waals surface area contributed by atoms with Gasteiger partial charge in [-0.2, -0.15) is 0 Å². The Hall–Kier alpha value is -2.93. The van der Waals surface area contributed by atoms with E-state index in [1.54, 1.807) is 35.7 Å². The molecule has 0 spiro atoms. The molecule has 8 heteroatoms. The Morgan fingerprint density at radius 3 is 2.17 bits per heavy atom. The molecule has 2 aliphatic heterocycles. The van der Waals surface area contributed by atoms with E-state index >= 15 is 0 Å².